The monoisotopic (exact) mass is 314 g/mol. The summed E-state index contributed by atoms with van der Waals surface area (Å²) in [4.78, 5) is 4.07. The van der Waals surface area contributed by atoms with Crippen molar-refractivity contribution in [1.82, 2.24) is 4.98 Å². The summed E-state index contributed by atoms with van der Waals surface area (Å²) >= 11 is 3.43. The molecule has 4 heteroatoms. The van der Waals surface area contributed by atoms with Crippen molar-refractivity contribution in [2.24, 2.45) is 0 Å². The standard InChI is InChI=1S/C15H9BrNO2/c16-13-3-1-2-4-15(13)19-12-5-6-14-10(8-12)7-11(18)9-17-14/h1-9H. The number of halogens is 1. The zero-order valence-corrected chi connectivity index (χ0v) is 11.4. The minimum atomic E-state index is -0.106. The molecule has 3 nitrogen and oxygen atoms in total. The van der Waals surface area contributed by atoms with Gasteiger partial charge in [0.25, 0.3) is 0 Å². The van der Waals surface area contributed by atoms with Crippen molar-refractivity contribution < 1.29 is 9.84 Å². The number of nitrogens with zero attached hydrogens (tertiary/aromatic N) is 1. The van der Waals surface area contributed by atoms with Crippen molar-refractivity contribution in [2.75, 3.05) is 0 Å². The average Bonchev–Trinajstić information content (AvgIpc) is 2.41. The predicted molar refractivity (Wildman–Crippen MR) is 76.1 cm³/mol. The van der Waals surface area contributed by atoms with Gasteiger partial charge in [-0.25, -0.2) is 0 Å². The van der Waals surface area contributed by atoms with Gasteiger partial charge in [-0.1, -0.05) is 12.1 Å². The van der Waals surface area contributed by atoms with Gasteiger partial charge in [0.1, 0.15) is 11.5 Å². The van der Waals surface area contributed by atoms with Gasteiger partial charge in [-0.2, -0.15) is 0 Å². The molecule has 0 saturated carbocycles. The number of hydrogen-bond acceptors (Lipinski definition) is 2. The van der Waals surface area contributed by atoms with Gasteiger partial charge in [-0.05, 0) is 52.3 Å². The molecule has 0 N–H and O–H groups in total. The molecule has 0 aliphatic rings. The van der Waals surface area contributed by atoms with Crippen molar-refractivity contribution >= 4 is 26.8 Å². The lowest BCUT2D eigenvalue weighted by Gasteiger charge is -2.08. The van der Waals surface area contributed by atoms with Crippen LogP contribution in [0.1, 0.15) is 0 Å². The second-order valence-corrected chi connectivity index (χ2v) is 4.91. The van der Waals surface area contributed by atoms with Crippen LogP contribution in [0, 0.1) is 0 Å². The summed E-state index contributed by atoms with van der Waals surface area (Å²) in [7, 11) is 0. The largest absolute Gasteiger partial charge is 0.456 e. The molecule has 2 aromatic carbocycles. The van der Waals surface area contributed by atoms with E-state index in [0.717, 1.165) is 21.1 Å². The Bertz CT molecular complexity index is 743. The van der Waals surface area contributed by atoms with Crippen molar-refractivity contribution in [3.63, 3.8) is 0 Å². The van der Waals surface area contributed by atoms with Crippen LogP contribution in [0.3, 0.4) is 0 Å². The minimum absolute atomic E-state index is 0.106. The molecule has 0 amide bonds. The van der Waals surface area contributed by atoms with Gasteiger partial charge in [0.15, 0.2) is 5.75 Å². The fraction of sp³-hybridized carbons (Fsp3) is 0. The normalized spacial score (nSPS) is 10.6. The molecule has 0 atom stereocenters. The third-order valence-electron chi connectivity index (χ3n) is 2.69. The number of benzene rings is 2. The average molecular weight is 315 g/mol. The number of fused-ring (bicyclic) bond motifs is 1. The Morgan fingerprint density at radius 1 is 1.05 bits per heavy atom. The van der Waals surface area contributed by atoms with E-state index in [1.54, 1.807) is 6.07 Å². The van der Waals surface area contributed by atoms with Crippen LogP contribution in [0.4, 0.5) is 0 Å². The minimum Gasteiger partial charge on any atom is -0.456 e. The molecule has 0 saturated heterocycles. The summed E-state index contributed by atoms with van der Waals surface area (Å²) in [5.41, 5.74) is 0.777. The first-order valence-electron chi connectivity index (χ1n) is 5.71. The van der Waals surface area contributed by atoms with E-state index in [-0.39, 0.29) is 5.75 Å². The highest BCUT2D eigenvalue weighted by molar-refractivity contribution is 9.10. The molecule has 93 valence electrons. The number of para-hydroxylation sites is 1. The highest BCUT2D eigenvalue weighted by Crippen LogP contribution is 2.31. The smallest absolute Gasteiger partial charge is 0.197 e. The molecule has 0 unspecified atom stereocenters. The lowest BCUT2D eigenvalue weighted by atomic mass is 10.2. The summed E-state index contributed by atoms with van der Waals surface area (Å²) in [5.74, 6) is 1.30. The molecule has 19 heavy (non-hydrogen) atoms. The van der Waals surface area contributed by atoms with Crippen LogP contribution in [-0.2, 0) is 5.11 Å². The molecular formula is C15H9BrNO2. The lowest BCUT2D eigenvalue weighted by molar-refractivity contribution is 0.354. The molecule has 1 heterocycles. The molecule has 0 aliphatic heterocycles. The number of rotatable bonds is 2. The third kappa shape index (κ3) is 2.53. The third-order valence-corrected chi connectivity index (χ3v) is 3.35. The second kappa shape index (κ2) is 4.90. The lowest BCUT2D eigenvalue weighted by Crippen LogP contribution is -1.86. The van der Waals surface area contributed by atoms with Crippen molar-refractivity contribution in [3.8, 4) is 17.2 Å². The highest BCUT2D eigenvalue weighted by atomic mass is 79.9. The van der Waals surface area contributed by atoms with Gasteiger partial charge >= 0.3 is 0 Å². The molecule has 3 aromatic rings. The Hall–Kier alpha value is -2.07. The van der Waals surface area contributed by atoms with E-state index in [2.05, 4.69) is 20.9 Å². The molecule has 0 spiro atoms. The van der Waals surface area contributed by atoms with Crippen molar-refractivity contribution in [3.05, 3.63) is 59.2 Å². The maximum atomic E-state index is 11.3. The second-order valence-electron chi connectivity index (χ2n) is 4.06. The summed E-state index contributed by atoms with van der Waals surface area (Å²) in [5, 5.41) is 12.1. The summed E-state index contributed by atoms with van der Waals surface area (Å²) in [6.45, 7) is 0. The first-order chi connectivity index (χ1) is 9.22. The molecule has 1 radical (unpaired) electrons. The molecule has 0 aliphatic carbocycles. The van der Waals surface area contributed by atoms with E-state index in [1.807, 2.05) is 42.5 Å². The van der Waals surface area contributed by atoms with E-state index in [0.29, 0.717) is 5.75 Å². The van der Waals surface area contributed by atoms with E-state index < -0.39 is 0 Å². The predicted octanol–water partition coefficient (Wildman–Crippen LogP) is 4.93. The van der Waals surface area contributed by atoms with Gasteiger partial charge < -0.3 is 4.74 Å². The fourth-order valence-corrected chi connectivity index (χ4v) is 2.17. The highest BCUT2D eigenvalue weighted by Gasteiger charge is 2.04. The van der Waals surface area contributed by atoms with Crippen LogP contribution in [-0.4, -0.2) is 4.98 Å². The Labute approximate surface area is 118 Å². The van der Waals surface area contributed by atoms with Crippen LogP contribution in [0.5, 0.6) is 17.2 Å². The molecule has 0 fully saturated rings. The van der Waals surface area contributed by atoms with Gasteiger partial charge in [0, 0.05) is 5.39 Å². The van der Waals surface area contributed by atoms with Crippen LogP contribution in [0.2, 0.25) is 0 Å². The Morgan fingerprint density at radius 3 is 2.74 bits per heavy atom. The first-order valence-corrected chi connectivity index (χ1v) is 6.51. The van der Waals surface area contributed by atoms with Gasteiger partial charge in [0.05, 0.1) is 16.2 Å². The Morgan fingerprint density at radius 2 is 1.89 bits per heavy atom. The Balaban J connectivity index is 2.00. The maximum Gasteiger partial charge on any atom is 0.197 e. The fourth-order valence-electron chi connectivity index (χ4n) is 1.81. The number of aromatic nitrogens is 1. The number of hydrogen-bond donors (Lipinski definition) is 0. The Kier molecular flexibility index (Phi) is 3.09. The first kappa shape index (κ1) is 12.0. The number of ether oxygens (including phenoxy) is 1. The van der Waals surface area contributed by atoms with Crippen LogP contribution in [0.25, 0.3) is 10.9 Å². The summed E-state index contributed by atoms with van der Waals surface area (Å²) in [6, 6.07) is 14.6. The van der Waals surface area contributed by atoms with E-state index in [4.69, 9.17) is 4.74 Å². The van der Waals surface area contributed by atoms with Gasteiger partial charge in [0.2, 0.25) is 0 Å². The van der Waals surface area contributed by atoms with Crippen molar-refractivity contribution in [1.29, 1.82) is 0 Å². The molecule has 0 bridgehead atoms. The van der Waals surface area contributed by atoms with E-state index in [9.17, 15) is 5.11 Å². The maximum absolute atomic E-state index is 11.3. The quantitative estimate of drug-likeness (QED) is 0.672. The molecular weight excluding hydrogens is 306 g/mol. The summed E-state index contributed by atoms with van der Waals surface area (Å²) in [6.07, 6.45) is 1.32. The van der Waals surface area contributed by atoms with Crippen molar-refractivity contribution in [2.45, 2.75) is 0 Å². The zero-order chi connectivity index (χ0) is 13.2. The van der Waals surface area contributed by atoms with E-state index in [1.165, 1.54) is 6.20 Å². The van der Waals surface area contributed by atoms with Gasteiger partial charge in [-0.15, -0.1) is 0 Å². The van der Waals surface area contributed by atoms with Crippen LogP contribution < -0.4 is 4.74 Å². The summed E-state index contributed by atoms with van der Waals surface area (Å²) < 4.78 is 6.66. The topological polar surface area (TPSA) is 42.0 Å². The number of pyridine rings is 1. The van der Waals surface area contributed by atoms with Gasteiger partial charge in [-0.3, -0.25) is 10.1 Å². The van der Waals surface area contributed by atoms with Crippen LogP contribution >= 0.6 is 15.9 Å². The molecule has 3 rings (SSSR count). The zero-order valence-electron chi connectivity index (χ0n) is 9.84. The molecule has 1 aromatic heterocycles. The van der Waals surface area contributed by atoms with E-state index >= 15 is 0 Å². The SMILES string of the molecule is [O]c1cnc2ccc(Oc3ccccc3Br)cc2c1. The van der Waals surface area contributed by atoms with Crippen LogP contribution in [0.15, 0.2) is 59.2 Å².